The largest absolute Gasteiger partial charge is 0.355 e. The van der Waals surface area contributed by atoms with Gasteiger partial charge in [0.05, 0.1) is 18.5 Å². The third-order valence-corrected chi connectivity index (χ3v) is 5.85. The second-order valence-corrected chi connectivity index (χ2v) is 8.97. The minimum atomic E-state index is -3.59. The van der Waals surface area contributed by atoms with E-state index in [-0.39, 0.29) is 18.4 Å². The Bertz CT molecular complexity index is 789. The Kier molecular flexibility index (Phi) is 7.82. The summed E-state index contributed by atoms with van der Waals surface area (Å²) < 4.78 is 25.7. The van der Waals surface area contributed by atoms with Crippen molar-refractivity contribution in [1.82, 2.24) is 15.1 Å². The van der Waals surface area contributed by atoms with Crippen LogP contribution in [0.15, 0.2) is 24.3 Å². The van der Waals surface area contributed by atoms with Crippen molar-refractivity contribution in [3.05, 3.63) is 29.8 Å². The fraction of sp³-hybridized carbons (Fsp3) is 0.579. The summed E-state index contributed by atoms with van der Waals surface area (Å²) in [5.74, 6) is -0.242. The van der Waals surface area contributed by atoms with Crippen LogP contribution in [-0.2, 0) is 19.6 Å². The first-order valence-corrected chi connectivity index (χ1v) is 11.4. The monoisotopic (exact) mass is 410 g/mol. The molecule has 0 aliphatic carbocycles. The highest BCUT2D eigenvalue weighted by Crippen LogP contribution is 2.22. The molecule has 0 aromatic heterocycles. The number of carbonyl (C=O) groups is 2. The predicted octanol–water partition coefficient (Wildman–Crippen LogP) is 0.431. The quantitative estimate of drug-likeness (QED) is 0.671. The van der Waals surface area contributed by atoms with Crippen LogP contribution in [0.2, 0.25) is 0 Å². The lowest BCUT2D eigenvalue weighted by molar-refractivity contribution is -0.131. The molecule has 1 aromatic carbocycles. The summed E-state index contributed by atoms with van der Waals surface area (Å²) in [6, 6.07) is 7.11. The number of nitrogens with one attached hydrogen (secondary N) is 1. The van der Waals surface area contributed by atoms with Gasteiger partial charge >= 0.3 is 0 Å². The molecule has 1 saturated heterocycles. The average Bonchev–Trinajstić information content (AvgIpc) is 2.64. The standard InChI is InChI=1S/C19H30N4O4S/c1-4-9-20-18(24)14-21-10-12-22(13-11-21)19(25)15-23(28(3,26)27)17-8-6-5-7-16(17)2/h5-8H,4,9-15H2,1-3H3,(H,20,24). The van der Waals surface area contributed by atoms with E-state index in [0.717, 1.165) is 22.5 Å². The van der Waals surface area contributed by atoms with Crippen molar-refractivity contribution in [2.75, 3.05) is 56.4 Å². The summed E-state index contributed by atoms with van der Waals surface area (Å²) in [4.78, 5) is 28.2. The van der Waals surface area contributed by atoms with Crippen molar-refractivity contribution in [2.45, 2.75) is 20.3 Å². The maximum absolute atomic E-state index is 12.7. The summed E-state index contributed by atoms with van der Waals surface area (Å²) in [6.45, 7) is 6.72. The van der Waals surface area contributed by atoms with Crippen LogP contribution in [-0.4, -0.2) is 82.1 Å². The summed E-state index contributed by atoms with van der Waals surface area (Å²) in [7, 11) is -3.59. The van der Waals surface area contributed by atoms with E-state index in [4.69, 9.17) is 0 Å². The number of sulfonamides is 1. The van der Waals surface area contributed by atoms with Gasteiger partial charge in [-0.25, -0.2) is 8.42 Å². The van der Waals surface area contributed by atoms with Crippen LogP contribution < -0.4 is 9.62 Å². The molecule has 0 bridgehead atoms. The van der Waals surface area contributed by atoms with Crippen molar-refractivity contribution in [3.63, 3.8) is 0 Å². The van der Waals surface area contributed by atoms with Crippen LogP contribution in [0.5, 0.6) is 0 Å². The average molecular weight is 411 g/mol. The smallest absolute Gasteiger partial charge is 0.243 e. The minimum Gasteiger partial charge on any atom is -0.355 e. The number of aryl methyl sites for hydroxylation is 1. The molecule has 0 spiro atoms. The number of rotatable bonds is 8. The van der Waals surface area contributed by atoms with E-state index < -0.39 is 10.0 Å². The molecule has 9 heteroatoms. The molecule has 8 nitrogen and oxygen atoms in total. The van der Waals surface area contributed by atoms with Gasteiger partial charge in [0, 0.05) is 32.7 Å². The van der Waals surface area contributed by atoms with Gasteiger partial charge in [0.25, 0.3) is 0 Å². The fourth-order valence-corrected chi connectivity index (χ4v) is 4.03. The number of piperazine rings is 1. The van der Waals surface area contributed by atoms with Crippen LogP contribution in [0.4, 0.5) is 5.69 Å². The molecule has 2 amide bonds. The first-order chi connectivity index (χ1) is 13.2. The van der Waals surface area contributed by atoms with E-state index in [1.54, 1.807) is 17.0 Å². The molecule has 1 N–H and O–H groups in total. The highest BCUT2D eigenvalue weighted by atomic mass is 32.2. The fourth-order valence-electron chi connectivity index (χ4n) is 3.13. The molecule has 1 aliphatic rings. The van der Waals surface area contributed by atoms with Crippen molar-refractivity contribution in [3.8, 4) is 0 Å². The number of benzene rings is 1. The van der Waals surface area contributed by atoms with E-state index in [9.17, 15) is 18.0 Å². The molecule has 1 aliphatic heterocycles. The van der Waals surface area contributed by atoms with E-state index in [1.807, 2.05) is 30.9 Å². The molecule has 156 valence electrons. The van der Waals surface area contributed by atoms with Crippen molar-refractivity contribution < 1.29 is 18.0 Å². The summed E-state index contributed by atoms with van der Waals surface area (Å²) >= 11 is 0. The van der Waals surface area contributed by atoms with E-state index in [2.05, 4.69) is 5.32 Å². The topological polar surface area (TPSA) is 90.0 Å². The van der Waals surface area contributed by atoms with Gasteiger partial charge in [0.1, 0.15) is 6.54 Å². The number of carbonyl (C=O) groups excluding carboxylic acids is 2. The number of anilines is 1. The van der Waals surface area contributed by atoms with Gasteiger partial charge in [-0.1, -0.05) is 25.1 Å². The van der Waals surface area contributed by atoms with E-state index in [0.29, 0.717) is 45.0 Å². The predicted molar refractivity (Wildman–Crippen MR) is 110 cm³/mol. The van der Waals surface area contributed by atoms with Gasteiger partial charge in [-0.15, -0.1) is 0 Å². The second-order valence-electron chi connectivity index (χ2n) is 7.06. The number of hydrogen-bond acceptors (Lipinski definition) is 5. The third kappa shape index (κ3) is 6.20. The van der Waals surface area contributed by atoms with Crippen molar-refractivity contribution in [2.24, 2.45) is 0 Å². The molecule has 1 fully saturated rings. The Morgan fingerprint density at radius 3 is 2.36 bits per heavy atom. The molecule has 0 saturated carbocycles. The van der Waals surface area contributed by atoms with Gasteiger partial charge in [0.15, 0.2) is 0 Å². The Labute approximate surface area is 167 Å². The van der Waals surface area contributed by atoms with Crippen LogP contribution >= 0.6 is 0 Å². The minimum absolute atomic E-state index is 0.00979. The highest BCUT2D eigenvalue weighted by Gasteiger charge is 2.27. The molecule has 2 rings (SSSR count). The van der Waals surface area contributed by atoms with Gasteiger partial charge in [-0.3, -0.25) is 18.8 Å². The lowest BCUT2D eigenvalue weighted by atomic mass is 10.2. The maximum Gasteiger partial charge on any atom is 0.243 e. The first-order valence-electron chi connectivity index (χ1n) is 9.52. The lowest BCUT2D eigenvalue weighted by Crippen LogP contribution is -2.53. The Balaban J connectivity index is 1.95. The molecule has 0 unspecified atom stereocenters. The number of nitrogens with zero attached hydrogens (tertiary/aromatic N) is 3. The zero-order valence-electron chi connectivity index (χ0n) is 16.8. The summed E-state index contributed by atoms with van der Waals surface area (Å²) in [5, 5.41) is 2.85. The van der Waals surface area contributed by atoms with Crippen LogP contribution in [0, 0.1) is 6.92 Å². The Morgan fingerprint density at radius 1 is 1.14 bits per heavy atom. The SMILES string of the molecule is CCCNC(=O)CN1CCN(C(=O)CN(c2ccccc2C)S(C)(=O)=O)CC1. The van der Waals surface area contributed by atoms with Gasteiger partial charge in [0.2, 0.25) is 21.8 Å². The molecular weight excluding hydrogens is 380 g/mol. The molecule has 0 radical (unpaired) electrons. The normalized spacial score (nSPS) is 15.3. The maximum atomic E-state index is 12.7. The summed E-state index contributed by atoms with van der Waals surface area (Å²) in [6.07, 6.45) is 2.01. The molecule has 28 heavy (non-hydrogen) atoms. The number of amides is 2. The van der Waals surface area contributed by atoms with Crippen molar-refractivity contribution in [1.29, 1.82) is 0 Å². The molecule has 1 aromatic rings. The summed E-state index contributed by atoms with van der Waals surface area (Å²) in [5.41, 5.74) is 1.31. The lowest BCUT2D eigenvalue weighted by Gasteiger charge is -2.35. The number of hydrogen-bond donors (Lipinski definition) is 1. The van der Waals surface area contributed by atoms with Gasteiger partial charge in [-0.2, -0.15) is 0 Å². The zero-order chi connectivity index (χ0) is 20.7. The Hall–Kier alpha value is -2.13. The van der Waals surface area contributed by atoms with Crippen LogP contribution in [0.1, 0.15) is 18.9 Å². The van der Waals surface area contributed by atoms with Crippen molar-refractivity contribution >= 4 is 27.5 Å². The highest BCUT2D eigenvalue weighted by molar-refractivity contribution is 7.92. The van der Waals surface area contributed by atoms with Crippen LogP contribution in [0.25, 0.3) is 0 Å². The molecule has 0 atom stereocenters. The van der Waals surface area contributed by atoms with Gasteiger partial charge in [-0.05, 0) is 25.0 Å². The van der Waals surface area contributed by atoms with E-state index >= 15 is 0 Å². The Morgan fingerprint density at radius 2 is 1.79 bits per heavy atom. The third-order valence-electron chi connectivity index (χ3n) is 4.73. The molecule has 1 heterocycles. The van der Waals surface area contributed by atoms with Crippen LogP contribution in [0.3, 0.4) is 0 Å². The number of para-hydroxylation sites is 1. The zero-order valence-corrected chi connectivity index (χ0v) is 17.7. The van der Waals surface area contributed by atoms with E-state index in [1.165, 1.54) is 0 Å². The first kappa shape index (κ1) is 22.2. The van der Waals surface area contributed by atoms with Gasteiger partial charge < -0.3 is 10.2 Å². The second kappa shape index (κ2) is 9.88. The molecular formula is C19H30N4O4S.